The molecule has 20 heavy (non-hydrogen) atoms. The van der Waals surface area contributed by atoms with Crippen molar-refractivity contribution in [2.24, 2.45) is 0 Å². The molecule has 0 saturated heterocycles. The van der Waals surface area contributed by atoms with Gasteiger partial charge in [0.1, 0.15) is 5.03 Å². The van der Waals surface area contributed by atoms with E-state index in [4.69, 9.17) is 16.3 Å². The molecular weight excluding hydrogens is 278 g/mol. The van der Waals surface area contributed by atoms with Gasteiger partial charge in [-0.1, -0.05) is 41.9 Å². The number of ether oxygens (including phenoxy) is 1. The molecule has 0 fully saturated rings. The van der Waals surface area contributed by atoms with Crippen molar-refractivity contribution in [2.45, 2.75) is 13.3 Å². The SMILES string of the molecule is CCOCCCN1C(=O)C(Cl)=C(c2ccccc2)C1=O. The number of hydrogen-bond acceptors (Lipinski definition) is 3. The molecule has 0 spiro atoms. The van der Waals surface area contributed by atoms with E-state index in [9.17, 15) is 9.59 Å². The first-order valence-electron chi connectivity index (χ1n) is 6.56. The third kappa shape index (κ3) is 2.92. The zero-order valence-electron chi connectivity index (χ0n) is 11.3. The Morgan fingerprint density at radius 2 is 1.85 bits per heavy atom. The Balaban J connectivity index is 2.12. The van der Waals surface area contributed by atoms with Crippen LogP contribution in [0.5, 0.6) is 0 Å². The van der Waals surface area contributed by atoms with Crippen LogP contribution in [0.2, 0.25) is 0 Å². The van der Waals surface area contributed by atoms with Gasteiger partial charge < -0.3 is 4.74 Å². The number of halogens is 1. The van der Waals surface area contributed by atoms with E-state index >= 15 is 0 Å². The van der Waals surface area contributed by atoms with E-state index in [-0.39, 0.29) is 16.5 Å². The van der Waals surface area contributed by atoms with Gasteiger partial charge in [-0.2, -0.15) is 0 Å². The molecule has 0 saturated carbocycles. The molecule has 106 valence electrons. The number of carbonyl (C=O) groups excluding carboxylic acids is 2. The summed E-state index contributed by atoms with van der Waals surface area (Å²) < 4.78 is 5.21. The fraction of sp³-hybridized carbons (Fsp3) is 0.333. The molecule has 1 aliphatic heterocycles. The van der Waals surface area contributed by atoms with Gasteiger partial charge in [0.2, 0.25) is 0 Å². The molecule has 5 heteroatoms. The molecule has 0 aromatic heterocycles. The number of amides is 2. The number of imide groups is 1. The Bertz CT molecular complexity index is 539. The van der Waals surface area contributed by atoms with Crippen LogP contribution < -0.4 is 0 Å². The molecule has 1 aromatic rings. The van der Waals surface area contributed by atoms with Crippen LogP contribution in [0.25, 0.3) is 5.57 Å². The summed E-state index contributed by atoms with van der Waals surface area (Å²) in [6, 6.07) is 9.00. The number of benzene rings is 1. The van der Waals surface area contributed by atoms with E-state index in [1.54, 1.807) is 12.1 Å². The minimum absolute atomic E-state index is 0.00221. The zero-order chi connectivity index (χ0) is 14.5. The van der Waals surface area contributed by atoms with Crippen LogP contribution in [-0.2, 0) is 14.3 Å². The molecule has 0 aliphatic carbocycles. The first-order chi connectivity index (χ1) is 9.66. The molecular formula is C15H16ClNO3. The van der Waals surface area contributed by atoms with Crippen molar-refractivity contribution in [1.29, 1.82) is 0 Å². The minimum Gasteiger partial charge on any atom is -0.382 e. The molecule has 0 unspecified atom stereocenters. The van der Waals surface area contributed by atoms with Crippen molar-refractivity contribution in [2.75, 3.05) is 19.8 Å². The van der Waals surface area contributed by atoms with E-state index in [1.165, 1.54) is 4.90 Å². The molecule has 1 aliphatic rings. The van der Waals surface area contributed by atoms with Crippen LogP contribution in [0, 0.1) is 0 Å². The second-order valence-corrected chi connectivity index (χ2v) is 4.75. The lowest BCUT2D eigenvalue weighted by molar-refractivity contribution is -0.136. The van der Waals surface area contributed by atoms with Crippen molar-refractivity contribution >= 4 is 29.0 Å². The molecule has 1 heterocycles. The highest BCUT2D eigenvalue weighted by molar-refractivity contribution is 6.55. The third-order valence-corrected chi connectivity index (χ3v) is 3.40. The summed E-state index contributed by atoms with van der Waals surface area (Å²) in [6.07, 6.45) is 0.609. The molecule has 2 rings (SSSR count). The number of hydrogen-bond donors (Lipinski definition) is 0. The van der Waals surface area contributed by atoms with E-state index < -0.39 is 5.91 Å². The van der Waals surface area contributed by atoms with Crippen LogP contribution in [0.3, 0.4) is 0 Å². The van der Waals surface area contributed by atoms with Gasteiger partial charge >= 0.3 is 0 Å². The predicted octanol–water partition coefficient (Wildman–Crippen LogP) is 2.43. The van der Waals surface area contributed by atoms with Crippen LogP contribution in [-0.4, -0.2) is 36.5 Å². The van der Waals surface area contributed by atoms with Crippen LogP contribution in [0.4, 0.5) is 0 Å². The van der Waals surface area contributed by atoms with Crippen molar-refractivity contribution < 1.29 is 14.3 Å². The summed E-state index contributed by atoms with van der Waals surface area (Å²) in [7, 11) is 0. The standard InChI is InChI=1S/C15H16ClNO3/c1-2-20-10-6-9-17-14(18)12(13(16)15(17)19)11-7-4-3-5-8-11/h3-5,7-8H,2,6,9-10H2,1H3. The van der Waals surface area contributed by atoms with Crippen LogP contribution in [0.15, 0.2) is 35.4 Å². The lowest BCUT2D eigenvalue weighted by Crippen LogP contribution is -2.32. The summed E-state index contributed by atoms with van der Waals surface area (Å²) in [5.74, 6) is -0.755. The smallest absolute Gasteiger partial charge is 0.273 e. The summed E-state index contributed by atoms with van der Waals surface area (Å²) in [5.41, 5.74) is 0.955. The first kappa shape index (κ1) is 14.8. The van der Waals surface area contributed by atoms with Gasteiger partial charge in [-0.25, -0.2) is 0 Å². The monoisotopic (exact) mass is 293 g/mol. The Labute approximate surface area is 123 Å². The normalized spacial score (nSPS) is 15.4. The quantitative estimate of drug-likeness (QED) is 0.598. The van der Waals surface area contributed by atoms with E-state index in [2.05, 4.69) is 0 Å². The number of carbonyl (C=O) groups is 2. The Hall–Kier alpha value is -1.65. The van der Waals surface area contributed by atoms with Crippen molar-refractivity contribution in [3.8, 4) is 0 Å². The maximum absolute atomic E-state index is 12.3. The van der Waals surface area contributed by atoms with Crippen LogP contribution >= 0.6 is 11.6 Å². The summed E-state index contributed by atoms with van der Waals surface area (Å²) in [6.45, 7) is 3.37. The molecule has 2 amide bonds. The van der Waals surface area contributed by atoms with Crippen molar-refractivity contribution in [1.82, 2.24) is 4.90 Å². The van der Waals surface area contributed by atoms with Gasteiger partial charge in [-0.15, -0.1) is 0 Å². The van der Waals surface area contributed by atoms with E-state index in [0.29, 0.717) is 31.7 Å². The number of nitrogens with zero attached hydrogens (tertiary/aromatic N) is 1. The maximum Gasteiger partial charge on any atom is 0.273 e. The largest absolute Gasteiger partial charge is 0.382 e. The molecule has 0 radical (unpaired) electrons. The second-order valence-electron chi connectivity index (χ2n) is 4.37. The van der Waals surface area contributed by atoms with E-state index in [1.807, 2.05) is 25.1 Å². The second kappa shape index (κ2) is 6.68. The third-order valence-electron chi connectivity index (χ3n) is 3.05. The summed E-state index contributed by atoms with van der Waals surface area (Å²) >= 11 is 6.03. The maximum atomic E-state index is 12.3. The van der Waals surface area contributed by atoms with Crippen molar-refractivity contribution in [3.05, 3.63) is 40.9 Å². The Kier molecular flexibility index (Phi) is 4.93. The topological polar surface area (TPSA) is 46.6 Å². The molecule has 0 atom stereocenters. The van der Waals surface area contributed by atoms with Gasteiger partial charge in [0.15, 0.2) is 0 Å². The van der Waals surface area contributed by atoms with Gasteiger partial charge in [0.05, 0.1) is 5.57 Å². The van der Waals surface area contributed by atoms with E-state index in [0.717, 1.165) is 0 Å². The highest BCUT2D eigenvalue weighted by Gasteiger charge is 2.37. The molecule has 1 aromatic carbocycles. The van der Waals surface area contributed by atoms with Crippen LogP contribution in [0.1, 0.15) is 18.9 Å². The van der Waals surface area contributed by atoms with Gasteiger partial charge in [-0.05, 0) is 18.9 Å². The summed E-state index contributed by atoms with van der Waals surface area (Å²) in [4.78, 5) is 25.5. The summed E-state index contributed by atoms with van der Waals surface area (Å²) in [5, 5.41) is -0.00221. The fourth-order valence-electron chi connectivity index (χ4n) is 2.07. The predicted molar refractivity (Wildman–Crippen MR) is 77.0 cm³/mol. The minimum atomic E-state index is -0.424. The van der Waals surface area contributed by atoms with Gasteiger partial charge in [0.25, 0.3) is 11.8 Å². The van der Waals surface area contributed by atoms with Gasteiger partial charge in [0, 0.05) is 19.8 Å². The Morgan fingerprint density at radius 3 is 2.50 bits per heavy atom. The molecule has 4 nitrogen and oxygen atoms in total. The number of rotatable bonds is 6. The first-order valence-corrected chi connectivity index (χ1v) is 6.93. The Morgan fingerprint density at radius 1 is 1.15 bits per heavy atom. The lowest BCUT2D eigenvalue weighted by Gasteiger charge is -2.14. The average Bonchev–Trinajstić information content (AvgIpc) is 2.67. The average molecular weight is 294 g/mol. The van der Waals surface area contributed by atoms with Crippen molar-refractivity contribution in [3.63, 3.8) is 0 Å². The zero-order valence-corrected chi connectivity index (χ0v) is 12.0. The van der Waals surface area contributed by atoms with Gasteiger partial charge in [-0.3, -0.25) is 14.5 Å². The molecule has 0 N–H and O–H groups in total. The fourth-order valence-corrected chi connectivity index (χ4v) is 2.37. The highest BCUT2D eigenvalue weighted by Crippen LogP contribution is 2.31. The lowest BCUT2D eigenvalue weighted by atomic mass is 10.1. The highest BCUT2D eigenvalue weighted by atomic mass is 35.5. The molecule has 0 bridgehead atoms.